The summed E-state index contributed by atoms with van der Waals surface area (Å²) >= 11 is 0. The van der Waals surface area contributed by atoms with Gasteiger partial charge in [0.1, 0.15) is 50.8 Å². The summed E-state index contributed by atoms with van der Waals surface area (Å²) in [6.07, 6.45) is 0. The van der Waals surface area contributed by atoms with Gasteiger partial charge in [0.25, 0.3) is 5.69 Å². The zero-order valence-electron chi connectivity index (χ0n) is 14.9. The Bertz CT molecular complexity index is 773. The summed E-state index contributed by atoms with van der Waals surface area (Å²) in [4.78, 5) is 13.6. The number of para-hydroxylation sites is 1. The number of ether oxygens (including phenoxy) is 1. The van der Waals surface area contributed by atoms with E-state index in [1.165, 1.54) is 9.80 Å². The molecule has 3 rings (SSSR count). The van der Waals surface area contributed by atoms with Crippen molar-refractivity contribution >= 4 is 5.69 Å². The number of piperazine rings is 1. The number of phenols is 1. The first-order valence-electron chi connectivity index (χ1n) is 8.82. The molecule has 1 aliphatic rings. The van der Waals surface area contributed by atoms with Crippen LogP contribution in [0.4, 0.5) is 5.69 Å². The molecule has 0 aromatic heterocycles. The number of aromatic hydroxyl groups is 1. The molecule has 2 aromatic carbocycles. The van der Waals surface area contributed by atoms with Gasteiger partial charge < -0.3 is 19.6 Å². The Hall–Kier alpha value is -2.64. The molecule has 1 saturated heterocycles. The Morgan fingerprint density at radius 1 is 1.04 bits per heavy atom. The molecule has 0 atom stereocenters. The van der Waals surface area contributed by atoms with E-state index >= 15 is 0 Å². The number of nitro benzene ring substituents is 1. The minimum Gasteiger partial charge on any atom is -0.507 e. The van der Waals surface area contributed by atoms with E-state index in [-0.39, 0.29) is 10.6 Å². The van der Waals surface area contributed by atoms with Crippen molar-refractivity contribution in [2.45, 2.75) is 13.1 Å². The molecular formula is C19H25N3O4+2. The minimum absolute atomic E-state index is 0.205. The highest BCUT2D eigenvalue weighted by atomic mass is 16.6. The average molecular weight is 359 g/mol. The third-order valence-corrected chi connectivity index (χ3v) is 5.02. The van der Waals surface area contributed by atoms with Gasteiger partial charge in [0.15, 0.2) is 0 Å². The van der Waals surface area contributed by atoms with Crippen LogP contribution < -0.4 is 14.5 Å². The van der Waals surface area contributed by atoms with Crippen LogP contribution in [0.2, 0.25) is 0 Å². The minimum atomic E-state index is -0.304. The Balaban J connectivity index is 1.57. The third-order valence-electron chi connectivity index (χ3n) is 5.02. The predicted octanol–water partition coefficient (Wildman–Crippen LogP) is -0.207. The Labute approximate surface area is 152 Å². The maximum Gasteiger partial charge on any atom is 0.278 e. The number of rotatable bonds is 6. The van der Waals surface area contributed by atoms with Crippen molar-refractivity contribution in [1.29, 1.82) is 0 Å². The van der Waals surface area contributed by atoms with Gasteiger partial charge >= 0.3 is 0 Å². The molecule has 0 amide bonds. The van der Waals surface area contributed by atoms with E-state index in [1.54, 1.807) is 31.4 Å². The molecule has 3 N–H and O–H groups in total. The Kier molecular flexibility index (Phi) is 5.70. The van der Waals surface area contributed by atoms with Crippen LogP contribution in [0, 0.1) is 10.1 Å². The van der Waals surface area contributed by atoms with Crippen LogP contribution in [0.1, 0.15) is 11.1 Å². The lowest BCUT2D eigenvalue weighted by Gasteiger charge is -2.29. The maximum atomic E-state index is 11.2. The summed E-state index contributed by atoms with van der Waals surface area (Å²) in [6, 6.07) is 12.3. The number of nitro groups is 1. The summed E-state index contributed by atoms with van der Waals surface area (Å²) in [5.74, 6) is 1.05. The summed E-state index contributed by atoms with van der Waals surface area (Å²) in [5.41, 5.74) is 1.89. The molecular weight excluding hydrogens is 334 g/mol. The van der Waals surface area contributed by atoms with Gasteiger partial charge in [-0.15, -0.1) is 0 Å². The number of quaternary nitrogens is 2. The summed E-state index contributed by atoms with van der Waals surface area (Å²) in [7, 11) is 1.62. The number of hydrogen-bond donors (Lipinski definition) is 3. The van der Waals surface area contributed by atoms with E-state index in [0.29, 0.717) is 12.3 Å². The highest BCUT2D eigenvalue weighted by Crippen LogP contribution is 2.22. The molecule has 26 heavy (non-hydrogen) atoms. The Morgan fingerprint density at radius 3 is 2.27 bits per heavy atom. The van der Waals surface area contributed by atoms with Crippen LogP contribution in [0.25, 0.3) is 0 Å². The molecule has 0 bridgehead atoms. The zero-order chi connectivity index (χ0) is 18.5. The number of nitrogens with one attached hydrogen (secondary N) is 2. The SMILES string of the molecule is COc1ccc(O)c(C[NH+]2CC[NH+](Cc3ccccc3[N+](=O)[O-])CC2)c1. The molecule has 1 heterocycles. The second-order valence-electron chi connectivity index (χ2n) is 6.73. The molecule has 1 aliphatic heterocycles. The highest BCUT2D eigenvalue weighted by molar-refractivity contribution is 5.39. The van der Waals surface area contributed by atoms with Crippen molar-refractivity contribution < 1.29 is 24.6 Å². The third kappa shape index (κ3) is 4.30. The zero-order valence-corrected chi connectivity index (χ0v) is 14.9. The van der Waals surface area contributed by atoms with Crippen molar-refractivity contribution in [3.63, 3.8) is 0 Å². The normalized spacial score (nSPS) is 19.9. The van der Waals surface area contributed by atoms with Gasteiger partial charge in [-0.3, -0.25) is 10.1 Å². The van der Waals surface area contributed by atoms with E-state index in [0.717, 1.165) is 49.6 Å². The predicted molar refractivity (Wildman–Crippen MR) is 96.6 cm³/mol. The molecule has 0 spiro atoms. The lowest BCUT2D eigenvalue weighted by atomic mass is 10.1. The first kappa shape index (κ1) is 18.2. The van der Waals surface area contributed by atoms with Crippen molar-refractivity contribution in [2.75, 3.05) is 33.3 Å². The van der Waals surface area contributed by atoms with Gasteiger partial charge in [-0.25, -0.2) is 0 Å². The fourth-order valence-corrected chi connectivity index (χ4v) is 3.52. The highest BCUT2D eigenvalue weighted by Gasteiger charge is 2.26. The van der Waals surface area contributed by atoms with Crippen LogP contribution in [0.3, 0.4) is 0 Å². The molecule has 7 nitrogen and oxygen atoms in total. The van der Waals surface area contributed by atoms with Crippen molar-refractivity contribution in [3.05, 3.63) is 63.7 Å². The van der Waals surface area contributed by atoms with Gasteiger partial charge in [-0.1, -0.05) is 12.1 Å². The first-order valence-corrected chi connectivity index (χ1v) is 8.82. The molecule has 0 aliphatic carbocycles. The number of benzene rings is 2. The van der Waals surface area contributed by atoms with Crippen LogP contribution >= 0.6 is 0 Å². The van der Waals surface area contributed by atoms with Crippen molar-refractivity contribution in [1.82, 2.24) is 0 Å². The van der Waals surface area contributed by atoms with Crippen LogP contribution in [0.5, 0.6) is 11.5 Å². The lowest BCUT2D eigenvalue weighted by molar-refractivity contribution is -1.02. The van der Waals surface area contributed by atoms with E-state index in [1.807, 2.05) is 18.2 Å². The molecule has 0 unspecified atom stereocenters. The smallest absolute Gasteiger partial charge is 0.278 e. The van der Waals surface area contributed by atoms with E-state index < -0.39 is 0 Å². The fraction of sp³-hybridized carbons (Fsp3) is 0.368. The van der Waals surface area contributed by atoms with Crippen molar-refractivity contribution in [2.24, 2.45) is 0 Å². The van der Waals surface area contributed by atoms with Crippen LogP contribution in [-0.4, -0.2) is 43.3 Å². The Morgan fingerprint density at radius 2 is 1.65 bits per heavy atom. The standard InChI is InChI=1S/C19H23N3O4/c1-26-17-6-7-19(23)16(12-17)14-21-10-8-20(9-11-21)13-15-4-2-3-5-18(15)22(24)25/h2-7,12,23H,8-11,13-14H2,1H3/p+2. The lowest BCUT2D eigenvalue weighted by Crippen LogP contribution is -3.27. The molecule has 138 valence electrons. The molecule has 0 saturated carbocycles. The number of nitrogens with zero attached hydrogens (tertiary/aromatic N) is 1. The summed E-state index contributed by atoms with van der Waals surface area (Å²) in [6.45, 7) is 5.26. The monoisotopic (exact) mass is 359 g/mol. The quantitative estimate of drug-likeness (QED) is 0.493. The summed E-state index contributed by atoms with van der Waals surface area (Å²) in [5, 5.41) is 21.2. The van der Waals surface area contributed by atoms with Gasteiger partial charge in [-0.05, 0) is 24.3 Å². The fourth-order valence-electron chi connectivity index (χ4n) is 3.52. The van der Waals surface area contributed by atoms with E-state index in [4.69, 9.17) is 4.74 Å². The molecule has 7 heteroatoms. The van der Waals surface area contributed by atoms with Gasteiger partial charge in [0.2, 0.25) is 0 Å². The first-order chi connectivity index (χ1) is 12.6. The van der Waals surface area contributed by atoms with Crippen molar-refractivity contribution in [3.8, 4) is 11.5 Å². The number of phenolic OH excluding ortho intramolecular Hbond substituents is 1. The molecule has 1 fully saturated rings. The number of hydrogen-bond acceptors (Lipinski definition) is 4. The number of methoxy groups -OCH3 is 1. The second-order valence-corrected chi connectivity index (χ2v) is 6.73. The average Bonchev–Trinajstić information content (AvgIpc) is 2.65. The molecule has 0 radical (unpaired) electrons. The largest absolute Gasteiger partial charge is 0.507 e. The van der Waals surface area contributed by atoms with Gasteiger partial charge in [-0.2, -0.15) is 0 Å². The topological polar surface area (TPSA) is 81.5 Å². The van der Waals surface area contributed by atoms with Gasteiger partial charge in [0.05, 0.1) is 23.2 Å². The van der Waals surface area contributed by atoms with E-state index in [9.17, 15) is 15.2 Å². The maximum absolute atomic E-state index is 11.2. The van der Waals surface area contributed by atoms with Crippen LogP contribution in [-0.2, 0) is 13.1 Å². The van der Waals surface area contributed by atoms with E-state index in [2.05, 4.69) is 0 Å². The molecule has 2 aromatic rings. The second kappa shape index (κ2) is 8.16. The van der Waals surface area contributed by atoms with Crippen LogP contribution in [0.15, 0.2) is 42.5 Å². The van der Waals surface area contributed by atoms with Gasteiger partial charge in [0, 0.05) is 6.07 Å². The summed E-state index contributed by atoms with van der Waals surface area (Å²) < 4.78 is 5.23.